The summed E-state index contributed by atoms with van der Waals surface area (Å²) in [6, 6.07) is 7.24. The predicted octanol–water partition coefficient (Wildman–Crippen LogP) is 4.16. The zero-order chi connectivity index (χ0) is 15.6. The van der Waals surface area contributed by atoms with Crippen molar-refractivity contribution in [2.45, 2.75) is 40.0 Å². The minimum atomic E-state index is -0.103. The number of phenolic OH excluding ortho intramolecular Hbond substituents is 3. The fourth-order valence-electron chi connectivity index (χ4n) is 2.77. The molecule has 0 aliphatic carbocycles. The SMILES string of the molecule is CCc1ccc(-c2c(O)cc(O)c(CC)c2O)cc1CC. The Bertz CT molecular complexity index is 660. The molecule has 3 nitrogen and oxygen atoms in total. The van der Waals surface area contributed by atoms with Crippen molar-refractivity contribution in [3.63, 3.8) is 0 Å². The van der Waals surface area contributed by atoms with E-state index in [1.54, 1.807) is 0 Å². The van der Waals surface area contributed by atoms with Gasteiger partial charge in [0.1, 0.15) is 17.2 Å². The molecule has 0 atom stereocenters. The van der Waals surface area contributed by atoms with Crippen molar-refractivity contribution >= 4 is 0 Å². The van der Waals surface area contributed by atoms with Gasteiger partial charge in [0.2, 0.25) is 0 Å². The van der Waals surface area contributed by atoms with Crippen LogP contribution in [0.4, 0.5) is 0 Å². The van der Waals surface area contributed by atoms with E-state index >= 15 is 0 Å². The van der Waals surface area contributed by atoms with Gasteiger partial charge in [-0.05, 0) is 36.0 Å². The van der Waals surface area contributed by atoms with E-state index in [0.717, 1.165) is 18.4 Å². The molecule has 0 amide bonds. The maximum atomic E-state index is 10.4. The van der Waals surface area contributed by atoms with Crippen molar-refractivity contribution in [3.8, 4) is 28.4 Å². The number of aryl methyl sites for hydroxylation is 2. The van der Waals surface area contributed by atoms with E-state index < -0.39 is 0 Å². The molecule has 0 fully saturated rings. The molecular formula is C18H22O3. The van der Waals surface area contributed by atoms with Gasteiger partial charge in [0.25, 0.3) is 0 Å². The van der Waals surface area contributed by atoms with Gasteiger partial charge >= 0.3 is 0 Å². The molecule has 112 valence electrons. The minimum Gasteiger partial charge on any atom is -0.507 e. The van der Waals surface area contributed by atoms with Gasteiger partial charge in [0.05, 0.1) is 5.56 Å². The van der Waals surface area contributed by atoms with Gasteiger partial charge in [0, 0.05) is 11.6 Å². The van der Waals surface area contributed by atoms with Crippen LogP contribution in [0.15, 0.2) is 24.3 Å². The molecular weight excluding hydrogens is 264 g/mol. The zero-order valence-corrected chi connectivity index (χ0v) is 12.8. The number of hydrogen-bond donors (Lipinski definition) is 3. The number of rotatable bonds is 4. The Morgan fingerprint density at radius 2 is 1.43 bits per heavy atom. The van der Waals surface area contributed by atoms with E-state index in [1.807, 2.05) is 25.1 Å². The van der Waals surface area contributed by atoms with Crippen LogP contribution in [0.3, 0.4) is 0 Å². The molecule has 2 aromatic carbocycles. The summed E-state index contributed by atoms with van der Waals surface area (Å²) in [6.07, 6.45) is 2.35. The number of benzene rings is 2. The van der Waals surface area contributed by atoms with Gasteiger partial charge < -0.3 is 15.3 Å². The highest BCUT2D eigenvalue weighted by molar-refractivity contribution is 5.80. The van der Waals surface area contributed by atoms with Crippen LogP contribution in [0.1, 0.15) is 37.5 Å². The third-order valence-corrected chi connectivity index (χ3v) is 3.97. The fraction of sp³-hybridized carbons (Fsp3) is 0.333. The first-order valence-electron chi connectivity index (χ1n) is 7.42. The average molecular weight is 286 g/mol. The van der Waals surface area contributed by atoms with Gasteiger partial charge in [-0.15, -0.1) is 0 Å². The maximum absolute atomic E-state index is 10.4. The lowest BCUT2D eigenvalue weighted by atomic mass is 9.93. The summed E-state index contributed by atoms with van der Waals surface area (Å²) < 4.78 is 0. The molecule has 0 radical (unpaired) electrons. The first-order chi connectivity index (χ1) is 10.0. The van der Waals surface area contributed by atoms with Crippen LogP contribution < -0.4 is 0 Å². The Morgan fingerprint density at radius 3 is 2.00 bits per heavy atom. The van der Waals surface area contributed by atoms with Gasteiger partial charge in [0.15, 0.2) is 0 Å². The molecule has 0 aromatic heterocycles. The second-order valence-electron chi connectivity index (χ2n) is 5.16. The van der Waals surface area contributed by atoms with Gasteiger partial charge in [-0.25, -0.2) is 0 Å². The van der Waals surface area contributed by atoms with E-state index in [-0.39, 0.29) is 17.2 Å². The molecule has 0 aliphatic heterocycles. The van der Waals surface area contributed by atoms with Gasteiger partial charge in [-0.1, -0.05) is 39.0 Å². The summed E-state index contributed by atoms with van der Waals surface area (Å²) in [5.41, 5.74) is 4.10. The van der Waals surface area contributed by atoms with E-state index in [1.165, 1.54) is 17.2 Å². The first-order valence-corrected chi connectivity index (χ1v) is 7.42. The topological polar surface area (TPSA) is 60.7 Å². The molecule has 0 saturated carbocycles. The molecule has 3 heteroatoms. The highest BCUT2D eigenvalue weighted by Gasteiger charge is 2.18. The Kier molecular flexibility index (Phi) is 4.41. The van der Waals surface area contributed by atoms with Crippen molar-refractivity contribution in [1.82, 2.24) is 0 Å². The van der Waals surface area contributed by atoms with Crippen molar-refractivity contribution in [3.05, 3.63) is 41.0 Å². The molecule has 0 bridgehead atoms. The Hall–Kier alpha value is -2.16. The normalized spacial score (nSPS) is 10.8. The Labute approximate surface area is 125 Å². The molecule has 21 heavy (non-hydrogen) atoms. The predicted molar refractivity (Wildman–Crippen MR) is 85.0 cm³/mol. The third kappa shape index (κ3) is 2.68. The Morgan fingerprint density at radius 1 is 0.762 bits per heavy atom. The van der Waals surface area contributed by atoms with Crippen LogP contribution in [0.5, 0.6) is 17.2 Å². The zero-order valence-electron chi connectivity index (χ0n) is 12.8. The van der Waals surface area contributed by atoms with Gasteiger partial charge in [-0.2, -0.15) is 0 Å². The van der Waals surface area contributed by atoms with E-state index in [2.05, 4.69) is 13.8 Å². The van der Waals surface area contributed by atoms with Crippen LogP contribution >= 0.6 is 0 Å². The number of aromatic hydroxyl groups is 3. The second-order valence-corrected chi connectivity index (χ2v) is 5.16. The molecule has 2 aromatic rings. The van der Waals surface area contributed by atoms with Crippen LogP contribution in [0.25, 0.3) is 11.1 Å². The van der Waals surface area contributed by atoms with Crippen molar-refractivity contribution in [2.75, 3.05) is 0 Å². The van der Waals surface area contributed by atoms with E-state index in [4.69, 9.17) is 0 Å². The number of hydrogen-bond acceptors (Lipinski definition) is 3. The quantitative estimate of drug-likeness (QED) is 0.791. The lowest BCUT2D eigenvalue weighted by Crippen LogP contribution is -1.93. The van der Waals surface area contributed by atoms with Crippen molar-refractivity contribution in [1.29, 1.82) is 0 Å². The summed E-state index contributed by atoms with van der Waals surface area (Å²) in [5, 5.41) is 30.3. The molecule has 0 unspecified atom stereocenters. The molecule has 0 spiro atoms. The maximum Gasteiger partial charge on any atom is 0.134 e. The average Bonchev–Trinajstić information content (AvgIpc) is 2.47. The van der Waals surface area contributed by atoms with Crippen LogP contribution in [0.2, 0.25) is 0 Å². The van der Waals surface area contributed by atoms with Gasteiger partial charge in [-0.3, -0.25) is 0 Å². The fourth-order valence-corrected chi connectivity index (χ4v) is 2.77. The standard InChI is InChI=1S/C18H22O3/c1-4-11-7-8-13(9-12(11)5-2)17-16(20)10-15(19)14(6-3)18(17)21/h7-10,19-21H,4-6H2,1-3H3. The highest BCUT2D eigenvalue weighted by atomic mass is 16.3. The lowest BCUT2D eigenvalue weighted by molar-refractivity contribution is 0.422. The molecule has 3 N–H and O–H groups in total. The van der Waals surface area contributed by atoms with E-state index in [9.17, 15) is 15.3 Å². The van der Waals surface area contributed by atoms with Crippen molar-refractivity contribution < 1.29 is 15.3 Å². The minimum absolute atomic E-state index is 0.0405. The van der Waals surface area contributed by atoms with Crippen molar-refractivity contribution in [2.24, 2.45) is 0 Å². The largest absolute Gasteiger partial charge is 0.507 e. The summed E-state index contributed by atoms with van der Waals surface area (Å²) in [7, 11) is 0. The molecule has 0 heterocycles. The second kappa shape index (κ2) is 6.08. The van der Waals surface area contributed by atoms with Crippen LogP contribution in [-0.2, 0) is 19.3 Å². The third-order valence-electron chi connectivity index (χ3n) is 3.97. The molecule has 2 rings (SSSR count). The smallest absolute Gasteiger partial charge is 0.134 e. The van der Waals surface area contributed by atoms with E-state index in [0.29, 0.717) is 17.5 Å². The van der Waals surface area contributed by atoms with Crippen LogP contribution in [0, 0.1) is 0 Å². The monoisotopic (exact) mass is 286 g/mol. The summed E-state index contributed by atoms with van der Waals surface area (Å²) in [5.74, 6) is -0.216. The summed E-state index contributed by atoms with van der Waals surface area (Å²) in [4.78, 5) is 0. The number of phenols is 3. The molecule has 0 saturated heterocycles. The summed E-state index contributed by atoms with van der Waals surface area (Å²) >= 11 is 0. The lowest BCUT2D eigenvalue weighted by Gasteiger charge is -2.15. The Balaban J connectivity index is 2.67. The first kappa shape index (κ1) is 15.2. The highest BCUT2D eigenvalue weighted by Crippen LogP contribution is 2.44. The van der Waals surface area contributed by atoms with Crippen LogP contribution in [-0.4, -0.2) is 15.3 Å². The summed E-state index contributed by atoms with van der Waals surface area (Å²) in [6.45, 7) is 6.05. The molecule has 0 aliphatic rings.